The van der Waals surface area contributed by atoms with Gasteiger partial charge in [-0.15, -0.1) is 0 Å². The second-order valence-corrected chi connectivity index (χ2v) is 7.71. The van der Waals surface area contributed by atoms with Crippen LogP contribution in [0.2, 0.25) is 0 Å². The van der Waals surface area contributed by atoms with Gasteiger partial charge in [-0.25, -0.2) is 8.42 Å². The van der Waals surface area contributed by atoms with Gasteiger partial charge in [0.2, 0.25) is 10.0 Å². The molecule has 1 heterocycles. The highest BCUT2D eigenvalue weighted by atomic mass is 32.2. The Morgan fingerprint density at radius 1 is 1.33 bits per heavy atom. The SMILES string of the molecule is CC1CN(S(=O)(=O)c2ccccc2CNC2CC2)CCO1. The van der Waals surface area contributed by atoms with E-state index >= 15 is 0 Å². The van der Waals surface area contributed by atoms with Gasteiger partial charge in [0.25, 0.3) is 0 Å². The Labute approximate surface area is 126 Å². The van der Waals surface area contributed by atoms with Crippen LogP contribution in [0.25, 0.3) is 0 Å². The van der Waals surface area contributed by atoms with Crippen molar-refractivity contribution in [1.29, 1.82) is 0 Å². The second kappa shape index (κ2) is 6.04. The molecule has 1 aromatic carbocycles. The first-order valence-electron chi connectivity index (χ1n) is 7.50. The smallest absolute Gasteiger partial charge is 0.243 e. The van der Waals surface area contributed by atoms with Crippen LogP contribution in [-0.2, 0) is 21.3 Å². The van der Waals surface area contributed by atoms with E-state index in [1.807, 2.05) is 19.1 Å². The number of hydrogen-bond acceptors (Lipinski definition) is 4. The summed E-state index contributed by atoms with van der Waals surface area (Å²) in [7, 11) is -3.44. The number of benzene rings is 1. The summed E-state index contributed by atoms with van der Waals surface area (Å²) >= 11 is 0. The normalized spacial score (nSPS) is 24.1. The summed E-state index contributed by atoms with van der Waals surface area (Å²) in [6.07, 6.45) is 2.33. The van der Waals surface area contributed by atoms with Crippen molar-refractivity contribution in [1.82, 2.24) is 9.62 Å². The van der Waals surface area contributed by atoms with Gasteiger partial charge >= 0.3 is 0 Å². The minimum absolute atomic E-state index is 0.0507. The number of nitrogens with one attached hydrogen (secondary N) is 1. The molecule has 0 amide bonds. The van der Waals surface area contributed by atoms with E-state index in [-0.39, 0.29) is 6.10 Å². The van der Waals surface area contributed by atoms with Gasteiger partial charge in [0, 0.05) is 25.7 Å². The Bertz CT molecular complexity index is 599. The van der Waals surface area contributed by atoms with Crippen molar-refractivity contribution in [2.75, 3.05) is 19.7 Å². The van der Waals surface area contributed by atoms with Crippen LogP contribution in [0.4, 0.5) is 0 Å². The molecule has 1 aliphatic carbocycles. The second-order valence-electron chi connectivity index (χ2n) is 5.81. The van der Waals surface area contributed by atoms with E-state index < -0.39 is 10.0 Å². The van der Waals surface area contributed by atoms with E-state index in [0.29, 0.717) is 37.2 Å². The lowest BCUT2D eigenvalue weighted by atomic mass is 10.2. The summed E-state index contributed by atoms with van der Waals surface area (Å²) in [6.45, 7) is 3.83. The van der Waals surface area contributed by atoms with Gasteiger partial charge in [-0.05, 0) is 31.4 Å². The average molecular weight is 310 g/mol. The van der Waals surface area contributed by atoms with Gasteiger partial charge < -0.3 is 10.1 Å². The highest BCUT2D eigenvalue weighted by molar-refractivity contribution is 7.89. The standard InChI is InChI=1S/C15H22N2O3S/c1-12-11-17(8-9-20-12)21(18,19)15-5-3-2-4-13(15)10-16-14-6-7-14/h2-5,12,14,16H,6-11H2,1H3. The molecule has 0 bridgehead atoms. The molecule has 1 saturated heterocycles. The maximum atomic E-state index is 12.9. The minimum Gasteiger partial charge on any atom is -0.376 e. The van der Waals surface area contributed by atoms with Gasteiger partial charge in [0.15, 0.2) is 0 Å². The summed E-state index contributed by atoms with van der Waals surface area (Å²) in [5.74, 6) is 0. The molecule has 0 spiro atoms. The van der Waals surface area contributed by atoms with Crippen LogP contribution in [0.15, 0.2) is 29.2 Å². The molecule has 5 nitrogen and oxygen atoms in total. The molecule has 0 radical (unpaired) electrons. The average Bonchev–Trinajstić information content (AvgIpc) is 3.29. The Kier molecular flexibility index (Phi) is 4.31. The fraction of sp³-hybridized carbons (Fsp3) is 0.600. The molecule has 21 heavy (non-hydrogen) atoms. The topological polar surface area (TPSA) is 58.6 Å². The Morgan fingerprint density at radius 3 is 2.81 bits per heavy atom. The van der Waals surface area contributed by atoms with Crippen LogP contribution in [0.5, 0.6) is 0 Å². The number of morpholine rings is 1. The van der Waals surface area contributed by atoms with E-state index in [9.17, 15) is 8.42 Å². The molecule has 3 rings (SSSR count). The highest BCUT2D eigenvalue weighted by Crippen LogP contribution is 2.24. The maximum absolute atomic E-state index is 12.9. The maximum Gasteiger partial charge on any atom is 0.243 e. The summed E-state index contributed by atoms with van der Waals surface area (Å²) < 4.78 is 32.7. The van der Waals surface area contributed by atoms with Gasteiger partial charge in [0.1, 0.15) is 0 Å². The predicted octanol–water partition coefficient (Wildman–Crippen LogP) is 1.35. The molecule has 1 N–H and O–H groups in total. The van der Waals surface area contributed by atoms with Crippen LogP contribution in [-0.4, -0.2) is 44.6 Å². The third kappa shape index (κ3) is 3.45. The molecule has 1 unspecified atom stereocenters. The fourth-order valence-corrected chi connectivity index (χ4v) is 4.31. The molecule has 1 aliphatic heterocycles. The lowest BCUT2D eigenvalue weighted by molar-refractivity contribution is 0.0101. The number of ether oxygens (including phenoxy) is 1. The Balaban J connectivity index is 1.83. The first-order chi connectivity index (χ1) is 10.1. The molecule has 2 aliphatic rings. The molecule has 2 fully saturated rings. The van der Waals surface area contributed by atoms with E-state index in [4.69, 9.17) is 4.74 Å². The zero-order valence-corrected chi connectivity index (χ0v) is 13.1. The van der Waals surface area contributed by atoms with Crippen molar-refractivity contribution in [2.24, 2.45) is 0 Å². The quantitative estimate of drug-likeness (QED) is 0.892. The molecule has 116 valence electrons. The van der Waals surface area contributed by atoms with Crippen LogP contribution in [0.1, 0.15) is 25.3 Å². The van der Waals surface area contributed by atoms with E-state index in [1.165, 1.54) is 17.1 Å². The molecule has 1 aromatic rings. The van der Waals surface area contributed by atoms with Crippen molar-refractivity contribution in [3.05, 3.63) is 29.8 Å². The highest BCUT2D eigenvalue weighted by Gasteiger charge is 2.31. The van der Waals surface area contributed by atoms with Crippen LogP contribution >= 0.6 is 0 Å². The Hall–Kier alpha value is -0.950. The summed E-state index contributed by atoms with van der Waals surface area (Å²) in [4.78, 5) is 0.423. The number of rotatable bonds is 5. The monoisotopic (exact) mass is 310 g/mol. The minimum atomic E-state index is -3.44. The third-order valence-electron chi connectivity index (χ3n) is 3.95. The largest absolute Gasteiger partial charge is 0.376 e. The number of hydrogen-bond donors (Lipinski definition) is 1. The molecule has 0 aromatic heterocycles. The van der Waals surface area contributed by atoms with E-state index in [2.05, 4.69) is 5.32 Å². The van der Waals surface area contributed by atoms with Crippen molar-refractivity contribution < 1.29 is 13.2 Å². The number of sulfonamides is 1. The van der Waals surface area contributed by atoms with E-state index in [0.717, 1.165) is 5.56 Å². The lowest BCUT2D eigenvalue weighted by Crippen LogP contribution is -2.44. The van der Waals surface area contributed by atoms with Crippen molar-refractivity contribution in [3.63, 3.8) is 0 Å². The van der Waals surface area contributed by atoms with Gasteiger partial charge in [-0.1, -0.05) is 18.2 Å². The van der Waals surface area contributed by atoms with Crippen molar-refractivity contribution in [2.45, 2.75) is 43.4 Å². The summed E-state index contributed by atoms with van der Waals surface area (Å²) in [5, 5.41) is 3.39. The van der Waals surface area contributed by atoms with Crippen molar-refractivity contribution in [3.8, 4) is 0 Å². The zero-order chi connectivity index (χ0) is 14.9. The van der Waals surface area contributed by atoms with Crippen LogP contribution < -0.4 is 5.32 Å². The van der Waals surface area contributed by atoms with Crippen LogP contribution in [0, 0.1) is 0 Å². The first kappa shape index (κ1) is 15.0. The molecular weight excluding hydrogens is 288 g/mol. The third-order valence-corrected chi connectivity index (χ3v) is 5.92. The zero-order valence-electron chi connectivity index (χ0n) is 12.3. The van der Waals surface area contributed by atoms with Gasteiger partial charge in [-0.2, -0.15) is 4.31 Å². The molecule has 6 heteroatoms. The fourth-order valence-electron chi connectivity index (χ4n) is 2.59. The lowest BCUT2D eigenvalue weighted by Gasteiger charge is -2.30. The van der Waals surface area contributed by atoms with Crippen LogP contribution in [0.3, 0.4) is 0 Å². The first-order valence-corrected chi connectivity index (χ1v) is 8.94. The summed E-state index contributed by atoms with van der Waals surface area (Å²) in [5.41, 5.74) is 0.851. The predicted molar refractivity (Wildman–Crippen MR) is 80.5 cm³/mol. The molecular formula is C15H22N2O3S. The Morgan fingerprint density at radius 2 is 2.10 bits per heavy atom. The van der Waals surface area contributed by atoms with E-state index in [1.54, 1.807) is 12.1 Å². The van der Waals surface area contributed by atoms with Gasteiger partial charge in [0.05, 0.1) is 17.6 Å². The summed E-state index contributed by atoms with van der Waals surface area (Å²) in [6, 6.07) is 7.84. The molecule has 1 atom stereocenters. The molecule has 1 saturated carbocycles. The van der Waals surface area contributed by atoms with Crippen molar-refractivity contribution >= 4 is 10.0 Å². The van der Waals surface area contributed by atoms with Gasteiger partial charge in [-0.3, -0.25) is 0 Å². The number of nitrogens with zero attached hydrogens (tertiary/aromatic N) is 1.